The summed E-state index contributed by atoms with van der Waals surface area (Å²) in [5, 5.41) is 0. The number of nitrogens with zero attached hydrogens (tertiary/aromatic N) is 3. The van der Waals surface area contributed by atoms with Crippen LogP contribution in [0.1, 0.15) is 31.1 Å². The Morgan fingerprint density at radius 1 is 1.24 bits per heavy atom. The van der Waals surface area contributed by atoms with Crippen molar-refractivity contribution in [2.45, 2.75) is 25.4 Å². The number of rotatable bonds is 3. The fraction of sp³-hybridized carbons (Fsp3) is 0.625. The predicted molar refractivity (Wildman–Crippen MR) is 79.8 cm³/mol. The molecule has 1 amide bonds. The highest BCUT2D eigenvalue weighted by molar-refractivity contribution is 5.78. The van der Waals surface area contributed by atoms with Gasteiger partial charge in [-0.1, -0.05) is 12.5 Å². The zero-order valence-electron chi connectivity index (χ0n) is 12.4. The number of pyridine rings is 1. The Balaban J connectivity index is 1.56. The van der Waals surface area contributed by atoms with E-state index in [4.69, 9.17) is 4.74 Å². The van der Waals surface area contributed by atoms with Gasteiger partial charge in [-0.25, -0.2) is 0 Å². The lowest BCUT2D eigenvalue weighted by atomic mass is 10.1. The molecule has 3 heterocycles. The molecule has 1 atom stereocenters. The number of hydrogen-bond donors (Lipinski definition) is 0. The van der Waals surface area contributed by atoms with Gasteiger partial charge in [-0.05, 0) is 38.1 Å². The number of amides is 1. The molecule has 2 fully saturated rings. The molecule has 5 heteroatoms. The zero-order valence-corrected chi connectivity index (χ0v) is 12.4. The highest BCUT2D eigenvalue weighted by atomic mass is 16.5. The maximum Gasteiger partial charge on any atom is 0.236 e. The molecule has 1 unspecified atom stereocenters. The average Bonchev–Trinajstić information content (AvgIpc) is 2.57. The maximum absolute atomic E-state index is 12.5. The molecular formula is C16H23N3O2. The Kier molecular flexibility index (Phi) is 4.83. The molecule has 3 rings (SSSR count). The van der Waals surface area contributed by atoms with Crippen molar-refractivity contribution < 1.29 is 9.53 Å². The number of ether oxygens (including phenoxy) is 1. The normalized spacial score (nSPS) is 24.0. The third kappa shape index (κ3) is 3.80. The predicted octanol–water partition coefficient (Wildman–Crippen LogP) is 1.47. The van der Waals surface area contributed by atoms with E-state index in [1.54, 1.807) is 6.20 Å². The van der Waals surface area contributed by atoms with Crippen LogP contribution in [0.5, 0.6) is 0 Å². The number of morpholine rings is 1. The summed E-state index contributed by atoms with van der Waals surface area (Å²) < 4.78 is 5.76. The summed E-state index contributed by atoms with van der Waals surface area (Å²) in [4.78, 5) is 21.0. The smallest absolute Gasteiger partial charge is 0.236 e. The van der Waals surface area contributed by atoms with Crippen LogP contribution < -0.4 is 0 Å². The Morgan fingerprint density at radius 3 is 2.86 bits per heavy atom. The molecule has 0 saturated carbocycles. The van der Waals surface area contributed by atoms with E-state index in [1.165, 1.54) is 19.3 Å². The number of piperidine rings is 1. The van der Waals surface area contributed by atoms with E-state index >= 15 is 0 Å². The third-order valence-corrected chi connectivity index (χ3v) is 4.24. The van der Waals surface area contributed by atoms with Gasteiger partial charge in [-0.3, -0.25) is 14.7 Å². The topological polar surface area (TPSA) is 45.7 Å². The molecule has 2 aliphatic rings. The minimum Gasteiger partial charge on any atom is -0.368 e. The van der Waals surface area contributed by atoms with Crippen LogP contribution in [0.25, 0.3) is 0 Å². The highest BCUT2D eigenvalue weighted by Gasteiger charge is 2.27. The minimum absolute atomic E-state index is 0.0924. The first-order valence-corrected chi connectivity index (χ1v) is 7.85. The van der Waals surface area contributed by atoms with Gasteiger partial charge in [0.05, 0.1) is 25.4 Å². The summed E-state index contributed by atoms with van der Waals surface area (Å²) in [6.07, 6.45) is 5.40. The molecule has 0 aliphatic carbocycles. The summed E-state index contributed by atoms with van der Waals surface area (Å²) in [6.45, 7) is 4.56. The van der Waals surface area contributed by atoms with Crippen molar-refractivity contribution in [3.63, 3.8) is 0 Å². The van der Waals surface area contributed by atoms with Crippen LogP contribution >= 0.6 is 0 Å². The Bertz CT molecular complexity index is 460. The highest BCUT2D eigenvalue weighted by Crippen LogP contribution is 2.20. The molecule has 5 nitrogen and oxygen atoms in total. The minimum atomic E-state index is -0.0924. The van der Waals surface area contributed by atoms with Gasteiger partial charge in [0, 0.05) is 12.7 Å². The molecule has 114 valence electrons. The van der Waals surface area contributed by atoms with Crippen LogP contribution in [0.4, 0.5) is 0 Å². The van der Waals surface area contributed by atoms with Gasteiger partial charge in [0.1, 0.15) is 6.10 Å². The lowest BCUT2D eigenvalue weighted by Gasteiger charge is -2.35. The van der Waals surface area contributed by atoms with E-state index in [1.807, 2.05) is 23.1 Å². The van der Waals surface area contributed by atoms with Crippen LogP contribution in [0.3, 0.4) is 0 Å². The summed E-state index contributed by atoms with van der Waals surface area (Å²) >= 11 is 0. The van der Waals surface area contributed by atoms with Crippen LogP contribution in [-0.4, -0.2) is 60.0 Å². The van der Waals surface area contributed by atoms with E-state index in [0.29, 0.717) is 26.2 Å². The number of hydrogen-bond acceptors (Lipinski definition) is 4. The first kappa shape index (κ1) is 14.5. The molecule has 0 spiro atoms. The van der Waals surface area contributed by atoms with E-state index in [-0.39, 0.29) is 12.0 Å². The summed E-state index contributed by atoms with van der Waals surface area (Å²) in [7, 11) is 0. The molecule has 21 heavy (non-hydrogen) atoms. The molecular weight excluding hydrogens is 266 g/mol. The van der Waals surface area contributed by atoms with Gasteiger partial charge < -0.3 is 9.64 Å². The van der Waals surface area contributed by atoms with Gasteiger partial charge in [-0.15, -0.1) is 0 Å². The summed E-state index contributed by atoms with van der Waals surface area (Å²) in [6, 6.07) is 5.81. The standard InChI is InChI=1S/C16H23N3O2/c20-16(13-18-8-4-1-5-9-18)19-10-11-21-15(12-19)14-6-2-3-7-17-14/h2-3,6-7,15H,1,4-5,8-13H2. The average molecular weight is 289 g/mol. The van der Waals surface area contributed by atoms with Crippen molar-refractivity contribution >= 4 is 5.91 Å². The van der Waals surface area contributed by atoms with Gasteiger partial charge in [0.25, 0.3) is 0 Å². The molecule has 0 bridgehead atoms. The second kappa shape index (κ2) is 7.00. The molecule has 1 aromatic rings. The van der Waals surface area contributed by atoms with Crippen LogP contribution in [0.15, 0.2) is 24.4 Å². The molecule has 0 radical (unpaired) electrons. The summed E-state index contributed by atoms with van der Waals surface area (Å²) in [5.41, 5.74) is 0.910. The molecule has 1 aromatic heterocycles. The van der Waals surface area contributed by atoms with Crippen molar-refractivity contribution in [2.75, 3.05) is 39.3 Å². The fourth-order valence-corrected chi connectivity index (χ4v) is 3.03. The van der Waals surface area contributed by atoms with Crippen molar-refractivity contribution in [3.8, 4) is 0 Å². The number of aromatic nitrogens is 1. The first-order valence-electron chi connectivity index (χ1n) is 7.85. The first-order chi connectivity index (χ1) is 10.3. The van der Waals surface area contributed by atoms with Crippen molar-refractivity contribution in [1.82, 2.24) is 14.8 Å². The maximum atomic E-state index is 12.5. The molecule has 2 aliphatic heterocycles. The van der Waals surface area contributed by atoms with Crippen molar-refractivity contribution in [1.29, 1.82) is 0 Å². The molecule has 2 saturated heterocycles. The molecule has 0 N–H and O–H groups in total. The van der Waals surface area contributed by atoms with Crippen molar-refractivity contribution in [2.24, 2.45) is 0 Å². The largest absolute Gasteiger partial charge is 0.368 e. The van der Waals surface area contributed by atoms with Crippen molar-refractivity contribution in [3.05, 3.63) is 30.1 Å². The second-order valence-corrected chi connectivity index (χ2v) is 5.79. The van der Waals surface area contributed by atoms with Gasteiger partial charge in [0.15, 0.2) is 0 Å². The van der Waals surface area contributed by atoms with Crippen LogP contribution in [0, 0.1) is 0 Å². The zero-order chi connectivity index (χ0) is 14.5. The van der Waals surface area contributed by atoms with Crippen LogP contribution in [0.2, 0.25) is 0 Å². The van der Waals surface area contributed by atoms with E-state index < -0.39 is 0 Å². The lowest BCUT2D eigenvalue weighted by molar-refractivity contribution is -0.140. The Morgan fingerprint density at radius 2 is 2.10 bits per heavy atom. The van der Waals surface area contributed by atoms with E-state index in [9.17, 15) is 4.79 Å². The fourth-order valence-electron chi connectivity index (χ4n) is 3.03. The Hall–Kier alpha value is -1.46. The summed E-state index contributed by atoms with van der Waals surface area (Å²) in [5.74, 6) is 0.223. The quantitative estimate of drug-likeness (QED) is 0.845. The van der Waals surface area contributed by atoms with E-state index in [2.05, 4.69) is 9.88 Å². The number of carbonyl (C=O) groups excluding carboxylic acids is 1. The van der Waals surface area contributed by atoms with E-state index in [0.717, 1.165) is 18.8 Å². The van der Waals surface area contributed by atoms with Gasteiger partial charge in [-0.2, -0.15) is 0 Å². The lowest BCUT2D eigenvalue weighted by Crippen LogP contribution is -2.47. The monoisotopic (exact) mass is 289 g/mol. The van der Waals surface area contributed by atoms with Crippen LogP contribution in [-0.2, 0) is 9.53 Å². The van der Waals surface area contributed by atoms with Gasteiger partial charge >= 0.3 is 0 Å². The Labute approximate surface area is 125 Å². The number of carbonyl (C=O) groups is 1. The second-order valence-electron chi connectivity index (χ2n) is 5.79. The molecule has 0 aromatic carbocycles. The third-order valence-electron chi connectivity index (χ3n) is 4.24. The van der Waals surface area contributed by atoms with Gasteiger partial charge in [0.2, 0.25) is 5.91 Å². The SMILES string of the molecule is O=C(CN1CCCCC1)N1CCOC(c2ccccn2)C1. The number of likely N-dealkylation sites (tertiary alicyclic amines) is 1.